The van der Waals surface area contributed by atoms with Gasteiger partial charge in [0.2, 0.25) is 0 Å². The average Bonchev–Trinajstić information content (AvgIpc) is 2.58. The zero-order valence-corrected chi connectivity index (χ0v) is 10.9. The summed E-state index contributed by atoms with van der Waals surface area (Å²) >= 11 is 0. The molecule has 3 heteroatoms. The first-order valence-corrected chi connectivity index (χ1v) is 5.92. The maximum Gasteiger partial charge on any atom is 0.0935 e. The predicted octanol–water partition coefficient (Wildman–Crippen LogP) is 2.10. The van der Waals surface area contributed by atoms with Crippen LogP contribution in [0.2, 0.25) is 0 Å². The van der Waals surface area contributed by atoms with Crippen LogP contribution >= 0.6 is 0 Å². The summed E-state index contributed by atoms with van der Waals surface area (Å²) < 4.78 is 2.14. The van der Waals surface area contributed by atoms with E-state index in [-0.39, 0.29) is 6.54 Å². The molecule has 0 bridgehead atoms. The molecule has 3 N–H and O–H groups in total. The molecule has 17 heavy (non-hydrogen) atoms. The second-order valence-corrected chi connectivity index (χ2v) is 4.73. The number of rotatable bonds is 2. The Hall–Kier alpha value is -1.32. The molecule has 0 fully saturated rings. The quantitative estimate of drug-likeness (QED) is 0.833. The number of nitrogens with two attached hydrogens (primary N) is 1. The van der Waals surface area contributed by atoms with Crippen molar-refractivity contribution in [3.63, 3.8) is 0 Å². The second-order valence-electron chi connectivity index (χ2n) is 4.73. The third-order valence-electron chi connectivity index (χ3n) is 3.64. The van der Waals surface area contributed by atoms with Gasteiger partial charge in [0.05, 0.1) is 11.6 Å². The van der Waals surface area contributed by atoms with Crippen molar-refractivity contribution in [1.29, 1.82) is 0 Å². The van der Waals surface area contributed by atoms with Crippen LogP contribution in [0.3, 0.4) is 0 Å². The predicted molar refractivity (Wildman–Crippen MR) is 71.1 cm³/mol. The van der Waals surface area contributed by atoms with Crippen LogP contribution in [0.4, 0.5) is 0 Å². The van der Waals surface area contributed by atoms with E-state index in [1.54, 1.807) is 0 Å². The van der Waals surface area contributed by atoms with Crippen LogP contribution in [0.5, 0.6) is 0 Å². The van der Waals surface area contributed by atoms with Gasteiger partial charge in [-0.1, -0.05) is 12.1 Å². The fourth-order valence-corrected chi connectivity index (χ4v) is 2.62. The lowest BCUT2D eigenvalue weighted by molar-refractivity contribution is 0.187. The third kappa shape index (κ3) is 1.66. The molecule has 3 nitrogen and oxygen atoms in total. The molecule has 2 aromatic rings. The van der Waals surface area contributed by atoms with Crippen molar-refractivity contribution < 1.29 is 5.11 Å². The Bertz CT molecular complexity index is 569. The summed E-state index contributed by atoms with van der Waals surface area (Å²) in [5.41, 5.74) is 11.3. The van der Waals surface area contributed by atoms with E-state index in [1.807, 2.05) is 14.0 Å². The summed E-state index contributed by atoms with van der Waals surface area (Å²) in [6, 6.07) is 4.22. The highest BCUT2D eigenvalue weighted by atomic mass is 16.3. The molecule has 1 unspecified atom stereocenters. The Morgan fingerprint density at radius 1 is 1.24 bits per heavy atom. The molecule has 2 rings (SSSR count). The SMILES string of the molecule is Cc1ccc(C)c2c1c(C(O)CN)c(C)n2C. The van der Waals surface area contributed by atoms with E-state index in [9.17, 15) is 5.11 Å². The minimum Gasteiger partial charge on any atom is -0.387 e. The summed E-state index contributed by atoms with van der Waals surface area (Å²) in [5.74, 6) is 0. The van der Waals surface area contributed by atoms with Crippen molar-refractivity contribution >= 4 is 10.9 Å². The Labute approximate surface area is 102 Å². The first kappa shape index (κ1) is 12.1. The molecule has 1 aromatic heterocycles. The minimum atomic E-state index is -0.584. The molecule has 0 amide bonds. The summed E-state index contributed by atoms with van der Waals surface area (Å²) in [6.07, 6.45) is -0.584. The van der Waals surface area contributed by atoms with E-state index >= 15 is 0 Å². The number of aliphatic hydroxyl groups excluding tert-OH is 1. The van der Waals surface area contributed by atoms with Crippen LogP contribution in [0.25, 0.3) is 10.9 Å². The molecule has 0 aliphatic rings. The molecular formula is C14H20N2O. The maximum atomic E-state index is 10.1. The summed E-state index contributed by atoms with van der Waals surface area (Å²) in [4.78, 5) is 0. The van der Waals surface area contributed by atoms with Gasteiger partial charge < -0.3 is 15.4 Å². The van der Waals surface area contributed by atoms with Gasteiger partial charge in [-0.25, -0.2) is 0 Å². The van der Waals surface area contributed by atoms with Crippen LogP contribution in [-0.4, -0.2) is 16.2 Å². The second kappa shape index (κ2) is 4.17. The van der Waals surface area contributed by atoms with Crippen molar-refractivity contribution in [2.75, 3.05) is 6.54 Å². The first-order valence-electron chi connectivity index (χ1n) is 5.92. The molecule has 1 heterocycles. The van der Waals surface area contributed by atoms with Crippen LogP contribution in [0.15, 0.2) is 12.1 Å². The number of aromatic nitrogens is 1. The number of nitrogens with zero attached hydrogens (tertiary/aromatic N) is 1. The number of benzene rings is 1. The van der Waals surface area contributed by atoms with E-state index in [2.05, 4.69) is 30.5 Å². The van der Waals surface area contributed by atoms with Crippen molar-refractivity contribution in [1.82, 2.24) is 4.57 Å². The lowest BCUT2D eigenvalue weighted by Crippen LogP contribution is -2.12. The van der Waals surface area contributed by atoms with Gasteiger partial charge >= 0.3 is 0 Å². The number of fused-ring (bicyclic) bond motifs is 1. The lowest BCUT2D eigenvalue weighted by Gasteiger charge is -2.09. The van der Waals surface area contributed by atoms with Gasteiger partial charge in [0.15, 0.2) is 0 Å². The van der Waals surface area contributed by atoms with Gasteiger partial charge in [-0.05, 0) is 31.9 Å². The molecular weight excluding hydrogens is 212 g/mol. The topological polar surface area (TPSA) is 51.2 Å². The van der Waals surface area contributed by atoms with Crippen LogP contribution in [-0.2, 0) is 7.05 Å². The fourth-order valence-electron chi connectivity index (χ4n) is 2.62. The van der Waals surface area contributed by atoms with Crippen molar-refractivity contribution in [3.8, 4) is 0 Å². The van der Waals surface area contributed by atoms with E-state index < -0.39 is 6.10 Å². The van der Waals surface area contributed by atoms with Gasteiger partial charge in [0.1, 0.15) is 0 Å². The first-order chi connectivity index (χ1) is 7.99. The maximum absolute atomic E-state index is 10.1. The molecule has 0 radical (unpaired) electrons. The Balaban J connectivity index is 2.93. The van der Waals surface area contributed by atoms with Gasteiger partial charge in [-0.3, -0.25) is 0 Å². The molecule has 1 atom stereocenters. The number of hydrogen-bond donors (Lipinski definition) is 2. The van der Waals surface area contributed by atoms with Crippen LogP contribution in [0, 0.1) is 20.8 Å². The molecule has 92 valence electrons. The van der Waals surface area contributed by atoms with E-state index in [0.717, 1.165) is 16.6 Å². The van der Waals surface area contributed by atoms with Gasteiger partial charge in [0.25, 0.3) is 0 Å². The van der Waals surface area contributed by atoms with Crippen LogP contribution in [0.1, 0.15) is 28.5 Å². The van der Waals surface area contributed by atoms with Crippen molar-refractivity contribution in [2.24, 2.45) is 12.8 Å². The lowest BCUT2D eigenvalue weighted by atomic mass is 10.00. The average molecular weight is 232 g/mol. The Kier molecular flexibility index (Phi) is 2.98. The molecule has 1 aromatic carbocycles. The van der Waals surface area contributed by atoms with E-state index in [4.69, 9.17) is 5.73 Å². The van der Waals surface area contributed by atoms with Gasteiger partial charge in [0, 0.05) is 30.2 Å². The summed E-state index contributed by atoms with van der Waals surface area (Å²) in [5, 5.41) is 11.3. The standard InChI is InChI=1S/C14H20N2O/c1-8-5-6-9(2)14-12(8)13(11(17)7-15)10(3)16(14)4/h5-6,11,17H,7,15H2,1-4H3. The highest BCUT2D eigenvalue weighted by Crippen LogP contribution is 2.33. The number of aliphatic hydroxyl groups is 1. The van der Waals surface area contributed by atoms with Crippen molar-refractivity contribution in [2.45, 2.75) is 26.9 Å². The zero-order chi connectivity index (χ0) is 12.7. The Morgan fingerprint density at radius 2 is 1.82 bits per heavy atom. The van der Waals surface area contributed by atoms with E-state index in [1.165, 1.54) is 16.6 Å². The summed E-state index contributed by atoms with van der Waals surface area (Å²) in [6.45, 7) is 6.47. The molecule has 0 spiro atoms. The fraction of sp³-hybridized carbons (Fsp3) is 0.429. The Morgan fingerprint density at radius 3 is 2.41 bits per heavy atom. The molecule has 0 saturated heterocycles. The smallest absolute Gasteiger partial charge is 0.0935 e. The van der Waals surface area contributed by atoms with Crippen LogP contribution < -0.4 is 5.73 Å². The monoisotopic (exact) mass is 232 g/mol. The van der Waals surface area contributed by atoms with Gasteiger partial charge in [-0.2, -0.15) is 0 Å². The third-order valence-corrected chi connectivity index (χ3v) is 3.64. The summed E-state index contributed by atoms with van der Waals surface area (Å²) in [7, 11) is 2.04. The molecule has 0 aliphatic carbocycles. The normalized spacial score (nSPS) is 13.3. The zero-order valence-electron chi connectivity index (χ0n) is 10.9. The van der Waals surface area contributed by atoms with E-state index in [0.29, 0.717) is 0 Å². The highest BCUT2D eigenvalue weighted by molar-refractivity contribution is 5.91. The van der Waals surface area contributed by atoms with Crippen molar-refractivity contribution in [3.05, 3.63) is 34.5 Å². The largest absolute Gasteiger partial charge is 0.387 e. The molecule has 0 aliphatic heterocycles. The molecule has 0 saturated carbocycles. The van der Waals surface area contributed by atoms with Gasteiger partial charge in [-0.15, -0.1) is 0 Å². The number of aryl methyl sites for hydroxylation is 3. The highest BCUT2D eigenvalue weighted by Gasteiger charge is 2.20. The number of hydrogen-bond acceptors (Lipinski definition) is 2. The minimum absolute atomic E-state index is 0.257.